The molecule has 100 valence electrons. The summed E-state index contributed by atoms with van der Waals surface area (Å²) in [6.45, 7) is 1.59. The number of sulfonamides is 1. The third kappa shape index (κ3) is 3.36. The van der Waals surface area contributed by atoms with Crippen LogP contribution in [0.15, 0.2) is 23.1 Å². The van der Waals surface area contributed by atoms with Gasteiger partial charge in [-0.3, -0.25) is 0 Å². The SMILES string of the molecule is O=S(=O)(NC1CCCNC1)c1ccc(Cl)c(Cl)c1. The van der Waals surface area contributed by atoms with Crippen LogP contribution in [0.5, 0.6) is 0 Å². The summed E-state index contributed by atoms with van der Waals surface area (Å²) in [4.78, 5) is 0.141. The van der Waals surface area contributed by atoms with Gasteiger partial charge in [-0.1, -0.05) is 23.2 Å². The van der Waals surface area contributed by atoms with Crippen LogP contribution in [0.2, 0.25) is 10.0 Å². The van der Waals surface area contributed by atoms with Gasteiger partial charge in [0.25, 0.3) is 0 Å². The Bertz CT molecular complexity index is 528. The smallest absolute Gasteiger partial charge is 0.240 e. The Balaban J connectivity index is 2.16. The number of halogens is 2. The maximum atomic E-state index is 12.1. The normalized spacial score (nSPS) is 20.9. The third-order valence-corrected chi connectivity index (χ3v) is 5.08. The molecule has 0 aromatic heterocycles. The van der Waals surface area contributed by atoms with Crippen molar-refractivity contribution in [2.75, 3.05) is 13.1 Å². The average Bonchev–Trinajstić information content (AvgIpc) is 2.33. The molecule has 2 rings (SSSR count). The molecule has 0 spiro atoms. The van der Waals surface area contributed by atoms with Gasteiger partial charge in [0, 0.05) is 12.6 Å². The summed E-state index contributed by atoms with van der Waals surface area (Å²) in [6, 6.07) is 4.23. The molecule has 1 aromatic carbocycles. The predicted molar refractivity (Wildman–Crippen MR) is 72.7 cm³/mol. The first-order valence-electron chi connectivity index (χ1n) is 5.67. The van der Waals surface area contributed by atoms with Crippen molar-refractivity contribution in [2.45, 2.75) is 23.8 Å². The monoisotopic (exact) mass is 308 g/mol. The first-order chi connectivity index (χ1) is 8.49. The lowest BCUT2D eigenvalue weighted by molar-refractivity contribution is 0.428. The molecular formula is C11H14Cl2N2O2S. The molecule has 1 unspecified atom stereocenters. The van der Waals surface area contributed by atoms with Crippen LogP contribution >= 0.6 is 23.2 Å². The number of hydrogen-bond acceptors (Lipinski definition) is 3. The molecule has 0 saturated carbocycles. The van der Waals surface area contributed by atoms with Crippen LogP contribution in [0.1, 0.15) is 12.8 Å². The molecule has 0 bridgehead atoms. The molecule has 0 radical (unpaired) electrons. The summed E-state index contributed by atoms with van der Waals surface area (Å²) in [7, 11) is -3.53. The van der Waals surface area contributed by atoms with Crippen molar-refractivity contribution in [3.05, 3.63) is 28.2 Å². The third-order valence-electron chi connectivity index (χ3n) is 2.82. The summed E-state index contributed by atoms with van der Waals surface area (Å²) in [6.07, 6.45) is 1.81. The van der Waals surface area contributed by atoms with Crippen molar-refractivity contribution in [3.63, 3.8) is 0 Å². The maximum Gasteiger partial charge on any atom is 0.240 e. The van der Waals surface area contributed by atoms with E-state index < -0.39 is 10.0 Å². The van der Waals surface area contributed by atoms with Crippen molar-refractivity contribution >= 4 is 33.2 Å². The Hall–Kier alpha value is -0.330. The fourth-order valence-electron chi connectivity index (χ4n) is 1.88. The molecule has 0 aliphatic carbocycles. The summed E-state index contributed by atoms with van der Waals surface area (Å²) in [5, 5.41) is 3.74. The minimum Gasteiger partial charge on any atom is -0.315 e. The van der Waals surface area contributed by atoms with Crippen molar-refractivity contribution in [2.24, 2.45) is 0 Å². The molecule has 4 nitrogen and oxygen atoms in total. The number of nitrogens with one attached hydrogen (secondary N) is 2. The second kappa shape index (κ2) is 5.75. The van der Waals surface area contributed by atoms with Crippen molar-refractivity contribution < 1.29 is 8.42 Å². The van der Waals surface area contributed by atoms with Crippen LogP contribution in [0.4, 0.5) is 0 Å². The second-order valence-electron chi connectivity index (χ2n) is 4.24. The van der Waals surface area contributed by atoms with Gasteiger partial charge in [-0.15, -0.1) is 0 Å². The molecule has 2 N–H and O–H groups in total. The molecule has 1 aliphatic heterocycles. The van der Waals surface area contributed by atoms with E-state index in [0.717, 1.165) is 19.4 Å². The van der Waals surface area contributed by atoms with Gasteiger partial charge in [0.2, 0.25) is 10.0 Å². The number of benzene rings is 1. The molecule has 1 saturated heterocycles. The Morgan fingerprint density at radius 3 is 2.67 bits per heavy atom. The van der Waals surface area contributed by atoms with E-state index in [1.807, 2.05) is 0 Å². The van der Waals surface area contributed by atoms with E-state index in [1.165, 1.54) is 18.2 Å². The van der Waals surface area contributed by atoms with Crippen LogP contribution in [0, 0.1) is 0 Å². The molecule has 18 heavy (non-hydrogen) atoms. The lowest BCUT2D eigenvalue weighted by atomic mass is 10.1. The maximum absolute atomic E-state index is 12.1. The highest BCUT2D eigenvalue weighted by Crippen LogP contribution is 2.25. The van der Waals surface area contributed by atoms with Gasteiger partial charge in [0.05, 0.1) is 14.9 Å². The van der Waals surface area contributed by atoms with E-state index in [0.29, 0.717) is 11.6 Å². The first-order valence-corrected chi connectivity index (χ1v) is 7.91. The van der Waals surface area contributed by atoms with Crippen LogP contribution in [-0.4, -0.2) is 27.5 Å². The van der Waals surface area contributed by atoms with Gasteiger partial charge >= 0.3 is 0 Å². The lowest BCUT2D eigenvalue weighted by Crippen LogP contribution is -2.45. The highest BCUT2D eigenvalue weighted by molar-refractivity contribution is 7.89. The van der Waals surface area contributed by atoms with E-state index in [1.54, 1.807) is 0 Å². The average molecular weight is 309 g/mol. The molecule has 7 heteroatoms. The molecule has 1 fully saturated rings. The van der Waals surface area contributed by atoms with Crippen molar-refractivity contribution in [3.8, 4) is 0 Å². The Morgan fingerprint density at radius 1 is 1.28 bits per heavy atom. The first kappa shape index (κ1) is 14.1. The van der Waals surface area contributed by atoms with Gasteiger partial charge in [-0.2, -0.15) is 0 Å². The summed E-state index contributed by atoms with van der Waals surface area (Å²) in [5.41, 5.74) is 0. The minimum absolute atomic E-state index is 0.0711. The zero-order chi connectivity index (χ0) is 13.2. The summed E-state index contributed by atoms with van der Waals surface area (Å²) < 4.78 is 26.9. The van der Waals surface area contributed by atoms with E-state index in [2.05, 4.69) is 10.0 Å². The predicted octanol–water partition coefficient (Wildman–Crippen LogP) is 2.02. The van der Waals surface area contributed by atoms with E-state index in [4.69, 9.17) is 23.2 Å². The van der Waals surface area contributed by atoms with Gasteiger partial charge in [-0.25, -0.2) is 13.1 Å². The van der Waals surface area contributed by atoms with Crippen LogP contribution < -0.4 is 10.0 Å². The topological polar surface area (TPSA) is 58.2 Å². The Labute approximate surface area is 117 Å². The second-order valence-corrected chi connectivity index (χ2v) is 6.77. The molecule has 1 heterocycles. The van der Waals surface area contributed by atoms with Crippen LogP contribution in [0.25, 0.3) is 0 Å². The quantitative estimate of drug-likeness (QED) is 0.898. The standard InChI is InChI=1S/C11H14Cl2N2O2S/c12-10-4-3-9(6-11(10)13)18(16,17)15-8-2-1-5-14-7-8/h3-4,6,8,14-15H,1-2,5,7H2. The van der Waals surface area contributed by atoms with E-state index in [-0.39, 0.29) is 16.0 Å². The highest BCUT2D eigenvalue weighted by atomic mass is 35.5. The molecule has 1 aliphatic rings. The zero-order valence-electron chi connectivity index (χ0n) is 9.62. The fraction of sp³-hybridized carbons (Fsp3) is 0.455. The molecule has 1 aromatic rings. The summed E-state index contributed by atoms with van der Waals surface area (Å²) >= 11 is 11.6. The molecular weight excluding hydrogens is 295 g/mol. The number of hydrogen-bond donors (Lipinski definition) is 2. The largest absolute Gasteiger partial charge is 0.315 e. The van der Waals surface area contributed by atoms with Crippen LogP contribution in [0.3, 0.4) is 0 Å². The Kier molecular flexibility index (Phi) is 4.50. The molecule has 0 amide bonds. The van der Waals surface area contributed by atoms with Gasteiger partial charge in [0.15, 0.2) is 0 Å². The highest BCUT2D eigenvalue weighted by Gasteiger charge is 2.22. The fourth-order valence-corrected chi connectivity index (χ4v) is 3.54. The minimum atomic E-state index is -3.53. The van der Waals surface area contributed by atoms with Gasteiger partial charge in [-0.05, 0) is 37.6 Å². The zero-order valence-corrected chi connectivity index (χ0v) is 11.9. The number of rotatable bonds is 3. The lowest BCUT2D eigenvalue weighted by Gasteiger charge is -2.23. The summed E-state index contributed by atoms with van der Waals surface area (Å²) in [5.74, 6) is 0. The van der Waals surface area contributed by atoms with E-state index >= 15 is 0 Å². The molecule has 1 atom stereocenters. The number of piperidine rings is 1. The van der Waals surface area contributed by atoms with Crippen molar-refractivity contribution in [1.82, 2.24) is 10.0 Å². The Morgan fingerprint density at radius 2 is 2.06 bits per heavy atom. The van der Waals surface area contributed by atoms with E-state index in [9.17, 15) is 8.42 Å². The van der Waals surface area contributed by atoms with Crippen LogP contribution in [-0.2, 0) is 10.0 Å². The van der Waals surface area contributed by atoms with Gasteiger partial charge < -0.3 is 5.32 Å². The van der Waals surface area contributed by atoms with Crippen molar-refractivity contribution in [1.29, 1.82) is 0 Å². The van der Waals surface area contributed by atoms with Gasteiger partial charge in [0.1, 0.15) is 0 Å².